The van der Waals surface area contributed by atoms with E-state index >= 15 is 0 Å². The van der Waals surface area contributed by atoms with Gasteiger partial charge in [0, 0.05) is 54.2 Å². The van der Waals surface area contributed by atoms with E-state index in [0.717, 1.165) is 5.69 Å². The van der Waals surface area contributed by atoms with Gasteiger partial charge < -0.3 is 19.4 Å². The molecule has 0 radical (unpaired) electrons. The fraction of sp³-hybridized carbons (Fsp3) is 0.448. The number of ether oxygens (including phenoxy) is 2. The average Bonchev–Trinajstić information content (AvgIpc) is 3.70. The zero-order valence-electron chi connectivity index (χ0n) is 23.4. The van der Waals surface area contributed by atoms with Gasteiger partial charge in [-0.1, -0.05) is 30.3 Å². The first-order chi connectivity index (χ1) is 19.6. The Bertz CT molecular complexity index is 1460. The number of carbonyl (C=O) groups excluding carboxylic acids is 2. The maximum absolute atomic E-state index is 14.6. The maximum Gasteiger partial charge on any atom is 0.414 e. The van der Waals surface area contributed by atoms with E-state index in [2.05, 4.69) is 10.3 Å². The molecule has 6 rings (SSSR count). The molecular weight excluding hydrogens is 542 g/mol. The van der Waals surface area contributed by atoms with Crippen LogP contribution in [0.1, 0.15) is 24.6 Å². The van der Waals surface area contributed by atoms with Gasteiger partial charge in [-0.15, -0.1) is 5.10 Å². The SMILES string of the molecule is C[C@H]1[C@H]([Si](C)(C)O)[C@@H](CCn2cc(CCO)nn2)O[C@]12C(=O)N(c1ccccc1)c1ccc(N3CCOC3=O)cc12. The molecule has 2 amide bonds. The largest absolute Gasteiger partial charge is 0.447 e. The topological polar surface area (TPSA) is 130 Å². The molecule has 3 aliphatic heterocycles. The van der Waals surface area contributed by atoms with Crippen LogP contribution in [-0.2, 0) is 32.8 Å². The fourth-order valence-electron chi connectivity index (χ4n) is 6.83. The molecule has 2 N–H and O–H groups in total. The first kappa shape index (κ1) is 27.6. The third-order valence-electron chi connectivity index (χ3n) is 8.56. The molecule has 3 aromatic rings. The summed E-state index contributed by atoms with van der Waals surface area (Å²) in [6.45, 7) is 6.99. The highest BCUT2D eigenvalue weighted by Crippen LogP contribution is 2.61. The Kier molecular flexibility index (Phi) is 6.97. The molecule has 0 bridgehead atoms. The highest BCUT2D eigenvalue weighted by Gasteiger charge is 2.66. The molecule has 1 spiro atoms. The number of aryl methyl sites for hydroxylation is 1. The van der Waals surface area contributed by atoms with Gasteiger partial charge in [0.15, 0.2) is 13.9 Å². The minimum absolute atomic E-state index is 0.00653. The van der Waals surface area contributed by atoms with Crippen LogP contribution >= 0.6 is 0 Å². The van der Waals surface area contributed by atoms with Crippen molar-refractivity contribution >= 4 is 37.4 Å². The first-order valence-electron chi connectivity index (χ1n) is 14.0. The summed E-state index contributed by atoms with van der Waals surface area (Å²) in [6, 6.07) is 15.0. The van der Waals surface area contributed by atoms with E-state index in [0.29, 0.717) is 55.2 Å². The second kappa shape index (κ2) is 10.4. The van der Waals surface area contributed by atoms with E-state index in [-0.39, 0.29) is 24.0 Å². The van der Waals surface area contributed by atoms with Crippen molar-refractivity contribution in [1.29, 1.82) is 0 Å². The minimum atomic E-state index is -2.85. The van der Waals surface area contributed by atoms with Crippen LogP contribution in [0.3, 0.4) is 0 Å². The fourth-order valence-corrected chi connectivity index (χ4v) is 9.43. The predicted octanol–water partition coefficient (Wildman–Crippen LogP) is 3.34. The summed E-state index contributed by atoms with van der Waals surface area (Å²) < 4.78 is 13.8. The lowest BCUT2D eigenvalue weighted by Gasteiger charge is -2.32. The molecule has 41 heavy (non-hydrogen) atoms. The van der Waals surface area contributed by atoms with Gasteiger partial charge in [-0.2, -0.15) is 0 Å². The van der Waals surface area contributed by atoms with Gasteiger partial charge in [0.2, 0.25) is 0 Å². The highest BCUT2D eigenvalue weighted by molar-refractivity contribution is 6.71. The van der Waals surface area contributed by atoms with Crippen LogP contribution < -0.4 is 9.80 Å². The number of rotatable bonds is 8. The molecule has 1 aromatic heterocycles. The number of nitrogens with zero attached hydrogens (tertiary/aromatic N) is 5. The zero-order valence-corrected chi connectivity index (χ0v) is 24.4. The van der Waals surface area contributed by atoms with Crippen LogP contribution in [0.5, 0.6) is 0 Å². The zero-order chi connectivity index (χ0) is 28.9. The summed E-state index contributed by atoms with van der Waals surface area (Å²) in [5.74, 6) is -0.551. The van der Waals surface area contributed by atoms with E-state index in [4.69, 9.17) is 9.47 Å². The van der Waals surface area contributed by atoms with Gasteiger partial charge in [-0.05, 0) is 49.8 Å². The number of amides is 2. The number of aliphatic hydroxyl groups excluding tert-OH is 1. The maximum atomic E-state index is 14.6. The normalized spacial score (nSPS) is 25.8. The summed E-state index contributed by atoms with van der Waals surface area (Å²) >= 11 is 0. The Morgan fingerprint density at radius 3 is 2.59 bits per heavy atom. The van der Waals surface area contributed by atoms with Crippen LogP contribution in [0, 0.1) is 5.92 Å². The number of hydrogen-bond acceptors (Lipinski definition) is 8. The van der Waals surface area contributed by atoms with Crippen molar-refractivity contribution in [2.75, 3.05) is 29.6 Å². The van der Waals surface area contributed by atoms with E-state index in [9.17, 15) is 19.5 Å². The standard InChI is InChI=1S/C29H35N5O6Si/c1-19-26(41(2,3)38)25(11-13-32-18-20(12-15-35)30-31-32)40-29(19)23-17-22(33-14-16-39-28(33)37)9-10-24(23)34(27(29)36)21-7-5-4-6-8-21/h4-10,17-19,25-26,35,38H,11-16H2,1-3H3/t19-,25+,26-,29+/m0/s1. The smallest absolute Gasteiger partial charge is 0.414 e. The molecule has 216 valence electrons. The van der Waals surface area contributed by atoms with Crippen LogP contribution in [0.4, 0.5) is 21.9 Å². The van der Waals surface area contributed by atoms with Crippen LogP contribution in [-0.4, -0.2) is 71.1 Å². The highest BCUT2D eigenvalue weighted by atomic mass is 28.4. The lowest BCUT2D eigenvalue weighted by atomic mass is 9.82. The number of anilines is 3. The van der Waals surface area contributed by atoms with Gasteiger partial charge in [0.25, 0.3) is 5.91 Å². The average molecular weight is 578 g/mol. The summed E-state index contributed by atoms with van der Waals surface area (Å²) in [4.78, 5) is 41.9. The molecule has 4 heterocycles. The van der Waals surface area contributed by atoms with E-state index < -0.39 is 26.1 Å². The van der Waals surface area contributed by atoms with Gasteiger partial charge in [0.05, 0.1) is 24.0 Å². The molecule has 0 aliphatic carbocycles. The van der Waals surface area contributed by atoms with Gasteiger partial charge in [-0.3, -0.25) is 19.3 Å². The second-order valence-electron chi connectivity index (χ2n) is 11.5. The van der Waals surface area contributed by atoms with E-state index in [1.54, 1.807) is 20.7 Å². The number of hydrogen-bond donors (Lipinski definition) is 2. The Balaban J connectivity index is 1.43. The molecule has 0 unspecified atom stereocenters. The lowest BCUT2D eigenvalue weighted by molar-refractivity contribution is -0.145. The van der Waals surface area contributed by atoms with Crippen molar-refractivity contribution < 1.29 is 29.0 Å². The molecule has 12 heteroatoms. The first-order valence-corrected chi connectivity index (χ1v) is 17.1. The number of aliphatic hydroxyl groups is 1. The van der Waals surface area contributed by atoms with Crippen LogP contribution in [0.15, 0.2) is 54.7 Å². The Morgan fingerprint density at radius 2 is 1.90 bits per heavy atom. The molecular formula is C29H35N5O6Si. The monoisotopic (exact) mass is 577 g/mol. The van der Waals surface area contributed by atoms with Gasteiger partial charge in [0.1, 0.15) is 6.61 Å². The third-order valence-corrected chi connectivity index (χ3v) is 11.1. The minimum Gasteiger partial charge on any atom is -0.447 e. The Hall–Kier alpha value is -3.58. The molecule has 2 saturated heterocycles. The number of aromatic nitrogens is 3. The Labute approximate surface area is 239 Å². The second-order valence-corrected chi connectivity index (χ2v) is 15.5. The summed E-state index contributed by atoms with van der Waals surface area (Å²) in [6.07, 6.45) is 1.90. The quantitative estimate of drug-likeness (QED) is 0.390. The van der Waals surface area contributed by atoms with Crippen molar-refractivity contribution in [2.45, 2.75) is 56.7 Å². The molecule has 2 aromatic carbocycles. The summed E-state index contributed by atoms with van der Waals surface area (Å²) in [5, 5.41) is 17.5. The summed E-state index contributed by atoms with van der Waals surface area (Å²) in [5.41, 5.74) is 1.85. The number of cyclic esters (lactones) is 1. The van der Waals surface area contributed by atoms with Crippen molar-refractivity contribution in [3.8, 4) is 0 Å². The van der Waals surface area contributed by atoms with Gasteiger partial charge >= 0.3 is 6.09 Å². The molecule has 0 saturated carbocycles. The van der Waals surface area contributed by atoms with Gasteiger partial charge in [-0.25, -0.2) is 4.79 Å². The number of carbonyl (C=O) groups is 2. The molecule has 3 aliphatic rings. The number of fused-ring (bicyclic) bond motifs is 2. The Morgan fingerprint density at radius 1 is 1.12 bits per heavy atom. The van der Waals surface area contributed by atoms with Crippen LogP contribution in [0.2, 0.25) is 18.6 Å². The van der Waals surface area contributed by atoms with E-state index in [1.807, 2.05) is 68.5 Å². The lowest BCUT2D eigenvalue weighted by Crippen LogP contribution is -2.45. The van der Waals surface area contributed by atoms with Crippen molar-refractivity contribution in [1.82, 2.24) is 15.0 Å². The van der Waals surface area contributed by atoms with Crippen LogP contribution in [0.25, 0.3) is 0 Å². The number of para-hydroxylation sites is 1. The van der Waals surface area contributed by atoms with Crippen molar-refractivity contribution in [2.24, 2.45) is 5.92 Å². The van der Waals surface area contributed by atoms with E-state index in [1.165, 1.54) is 0 Å². The van der Waals surface area contributed by atoms with Crippen molar-refractivity contribution in [3.05, 3.63) is 66.0 Å². The molecule has 4 atom stereocenters. The molecule has 11 nitrogen and oxygen atoms in total. The third kappa shape index (κ3) is 4.55. The predicted molar refractivity (Wildman–Crippen MR) is 153 cm³/mol. The number of benzene rings is 2. The van der Waals surface area contributed by atoms with Crippen molar-refractivity contribution in [3.63, 3.8) is 0 Å². The molecule has 2 fully saturated rings. The summed E-state index contributed by atoms with van der Waals surface area (Å²) in [7, 11) is -2.85.